The fraction of sp³-hybridized carbons (Fsp3) is 0.579. The van der Waals surface area contributed by atoms with Crippen molar-refractivity contribution in [2.24, 2.45) is 0 Å². The predicted molar refractivity (Wildman–Crippen MR) is 103 cm³/mol. The van der Waals surface area contributed by atoms with Crippen LogP contribution in [0, 0.1) is 0 Å². The number of hydrogen-bond acceptors (Lipinski definition) is 7. The van der Waals surface area contributed by atoms with Gasteiger partial charge in [-0.15, -0.1) is 0 Å². The van der Waals surface area contributed by atoms with E-state index in [0.29, 0.717) is 11.8 Å². The highest BCUT2D eigenvalue weighted by molar-refractivity contribution is 5.56. The van der Waals surface area contributed by atoms with E-state index < -0.39 is 0 Å². The Kier molecular flexibility index (Phi) is 6.85. The van der Waals surface area contributed by atoms with Gasteiger partial charge in [0.2, 0.25) is 5.82 Å². The maximum Gasteiger partial charge on any atom is 0.321 e. The van der Waals surface area contributed by atoms with Crippen LogP contribution >= 0.6 is 0 Å². The number of ether oxygens (including phenoxy) is 1. The number of rotatable bonds is 9. The number of piperazine rings is 1. The van der Waals surface area contributed by atoms with E-state index in [1.165, 1.54) is 39.1 Å². The van der Waals surface area contributed by atoms with Crippen LogP contribution in [0.25, 0.3) is 11.4 Å². The summed E-state index contributed by atoms with van der Waals surface area (Å²) in [5.41, 5.74) is 0.910. The van der Waals surface area contributed by atoms with Gasteiger partial charge in [0.05, 0.1) is 7.11 Å². The average Bonchev–Trinajstić information content (AvgIpc) is 3.16. The Morgan fingerprint density at radius 2 is 1.77 bits per heavy atom. The zero-order valence-corrected chi connectivity index (χ0v) is 15.8. The van der Waals surface area contributed by atoms with Crippen LogP contribution < -0.4 is 10.1 Å². The number of nitrogens with one attached hydrogen (secondary N) is 1. The second-order valence-corrected chi connectivity index (χ2v) is 6.62. The Morgan fingerprint density at radius 3 is 2.42 bits per heavy atom. The van der Waals surface area contributed by atoms with Crippen LogP contribution in [0.3, 0.4) is 0 Å². The van der Waals surface area contributed by atoms with Crippen molar-refractivity contribution in [1.29, 1.82) is 0 Å². The Labute approximate surface area is 155 Å². The summed E-state index contributed by atoms with van der Waals surface area (Å²) in [7, 11) is 1.65. The van der Waals surface area contributed by atoms with Gasteiger partial charge in [-0.25, -0.2) is 0 Å². The Hall–Kier alpha value is -2.12. The topological polar surface area (TPSA) is 66.7 Å². The largest absolute Gasteiger partial charge is 0.497 e. The van der Waals surface area contributed by atoms with E-state index in [4.69, 9.17) is 9.26 Å². The molecule has 0 unspecified atom stereocenters. The highest BCUT2D eigenvalue weighted by Gasteiger charge is 2.15. The fourth-order valence-corrected chi connectivity index (χ4v) is 3.20. The molecule has 7 nitrogen and oxygen atoms in total. The quantitative estimate of drug-likeness (QED) is 0.690. The molecule has 1 aliphatic rings. The van der Waals surface area contributed by atoms with Crippen LogP contribution in [0.15, 0.2) is 28.8 Å². The van der Waals surface area contributed by atoms with E-state index in [-0.39, 0.29) is 0 Å². The molecule has 1 aromatic carbocycles. The molecule has 0 amide bonds. The van der Waals surface area contributed by atoms with Crippen molar-refractivity contribution < 1.29 is 9.26 Å². The molecule has 1 aliphatic heterocycles. The van der Waals surface area contributed by atoms with Crippen LogP contribution in [0.5, 0.6) is 5.75 Å². The van der Waals surface area contributed by atoms with Crippen LogP contribution in [0.2, 0.25) is 0 Å². The van der Waals surface area contributed by atoms with Gasteiger partial charge in [-0.1, -0.05) is 12.1 Å². The number of benzene rings is 1. The molecule has 0 radical (unpaired) electrons. The smallest absolute Gasteiger partial charge is 0.321 e. The van der Waals surface area contributed by atoms with Crippen molar-refractivity contribution in [2.75, 3.05) is 58.2 Å². The van der Waals surface area contributed by atoms with Gasteiger partial charge in [0.1, 0.15) is 5.75 Å². The molecular weight excluding hydrogens is 330 g/mol. The van der Waals surface area contributed by atoms with Crippen molar-refractivity contribution in [1.82, 2.24) is 19.9 Å². The highest BCUT2D eigenvalue weighted by Crippen LogP contribution is 2.20. The lowest BCUT2D eigenvalue weighted by atomic mass is 10.2. The van der Waals surface area contributed by atoms with Crippen molar-refractivity contribution in [2.45, 2.75) is 19.8 Å². The molecule has 1 fully saturated rings. The summed E-state index contributed by atoms with van der Waals surface area (Å²) in [5.74, 6) is 1.40. The summed E-state index contributed by atoms with van der Waals surface area (Å²) in [5, 5.41) is 7.25. The molecule has 2 aromatic rings. The van der Waals surface area contributed by atoms with Gasteiger partial charge in [-0.2, -0.15) is 4.98 Å². The summed E-state index contributed by atoms with van der Waals surface area (Å²) in [6.45, 7) is 10.1. The molecule has 26 heavy (non-hydrogen) atoms. The molecule has 3 rings (SSSR count). The van der Waals surface area contributed by atoms with Gasteiger partial charge in [-0.3, -0.25) is 0 Å². The first-order chi connectivity index (χ1) is 12.8. The second-order valence-electron chi connectivity index (χ2n) is 6.62. The molecule has 142 valence electrons. The Morgan fingerprint density at radius 1 is 1.08 bits per heavy atom. The van der Waals surface area contributed by atoms with E-state index in [2.05, 4.69) is 32.2 Å². The lowest BCUT2D eigenvalue weighted by Crippen LogP contribution is -2.46. The molecule has 1 aromatic heterocycles. The van der Waals surface area contributed by atoms with Gasteiger partial charge >= 0.3 is 6.01 Å². The zero-order chi connectivity index (χ0) is 18.2. The van der Waals surface area contributed by atoms with Crippen LogP contribution in [0.1, 0.15) is 19.8 Å². The first-order valence-electron chi connectivity index (χ1n) is 9.45. The molecule has 0 atom stereocenters. The maximum atomic E-state index is 5.28. The van der Waals surface area contributed by atoms with Gasteiger partial charge < -0.3 is 24.4 Å². The summed E-state index contributed by atoms with van der Waals surface area (Å²) in [6.07, 6.45) is 2.31. The third kappa shape index (κ3) is 5.19. The number of anilines is 1. The van der Waals surface area contributed by atoms with E-state index >= 15 is 0 Å². The lowest BCUT2D eigenvalue weighted by molar-refractivity contribution is 0.132. The third-order valence-electron chi connectivity index (χ3n) is 4.71. The summed E-state index contributed by atoms with van der Waals surface area (Å²) in [6, 6.07) is 8.10. The fourth-order valence-electron chi connectivity index (χ4n) is 3.20. The molecular formula is C19H29N5O2. The molecule has 1 saturated heterocycles. The molecule has 0 spiro atoms. The lowest BCUT2D eigenvalue weighted by Gasteiger charge is -2.34. The van der Waals surface area contributed by atoms with E-state index in [9.17, 15) is 0 Å². The highest BCUT2D eigenvalue weighted by atomic mass is 16.5. The van der Waals surface area contributed by atoms with E-state index in [1.807, 2.05) is 24.3 Å². The molecule has 0 aliphatic carbocycles. The third-order valence-corrected chi connectivity index (χ3v) is 4.71. The first kappa shape index (κ1) is 18.7. The predicted octanol–water partition coefficient (Wildman–Crippen LogP) is 2.57. The van der Waals surface area contributed by atoms with Gasteiger partial charge in [0.25, 0.3) is 0 Å². The maximum absolute atomic E-state index is 5.28. The van der Waals surface area contributed by atoms with Crippen molar-refractivity contribution in [3.05, 3.63) is 24.3 Å². The SMILES string of the molecule is CCCN1CCN(CCCNc2nc(-c3ccc(OC)cc3)no2)CC1. The number of hydrogen-bond donors (Lipinski definition) is 1. The normalized spacial score (nSPS) is 15.9. The van der Waals surface area contributed by atoms with Crippen molar-refractivity contribution >= 4 is 6.01 Å². The standard InChI is InChI=1S/C19H29N5O2/c1-3-10-23-12-14-24(15-13-23)11-4-9-20-19-21-18(22-26-19)16-5-7-17(25-2)8-6-16/h5-8H,3-4,9-15H2,1-2H3,(H,20,21,22). The minimum atomic E-state index is 0.476. The second kappa shape index (κ2) is 9.54. The van der Waals surface area contributed by atoms with Gasteiger partial charge in [0.15, 0.2) is 0 Å². The van der Waals surface area contributed by atoms with Crippen molar-refractivity contribution in [3.63, 3.8) is 0 Å². The number of aromatic nitrogens is 2. The van der Waals surface area contributed by atoms with Crippen molar-refractivity contribution in [3.8, 4) is 17.1 Å². The molecule has 0 saturated carbocycles. The molecule has 2 heterocycles. The number of nitrogens with zero attached hydrogens (tertiary/aromatic N) is 4. The van der Waals surface area contributed by atoms with Crippen LogP contribution in [-0.4, -0.2) is 72.9 Å². The molecule has 0 bridgehead atoms. The van der Waals surface area contributed by atoms with Gasteiger partial charge in [-0.05, 0) is 50.2 Å². The minimum Gasteiger partial charge on any atom is -0.497 e. The summed E-state index contributed by atoms with van der Waals surface area (Å²) in [4.78, 5) is 9.48. The van der Waals surface area contributed by atoms with E-state index in [1.54, 1.807) is 7.11 Å². The molecule has 7 heteroatoms. The first-order valence-corrected chi connectivity index (χ1v) is 9.45. The monoisotopic (exact) mass is 359 g/mol. The Bertz CT molecular complexity index is 650. The molecule has 1 N–H and O–H groups in total. The Balaban J connectivity index is 1.37. The summed E-state index contributed by atoms with van der Waals surface area (Å²) < 4.78 is 10.4. The average molecular weight is 359 g/mol. The van der Waals surface area contributed by atoms with E-state index in [0.717, 1.165) is 30.8 Å². The minimum absolute atomic E-state index is 0.476. The summed E-state index contributed by atoms with van der Waals surface area (Å²) >= 11 is 0. The van der Waals surface area contributed by atoms with Crippen LogP contribution in [0.4, 0.5) is 6.01 Å². The number of methoxy groups -OCH3 is 1. The van der Waals surface area contributed by atoms with Gasteiger partial charge in [0, 0.05) is 38.3 Å². The zero-order valence-electron chi connectivity index (χ0n) is 15.8. The van der Waals surface area contributed by atoms with Crippen LogP contribution in [-0.2, 0) is 0 Å².